The molecule has 1 aliphatic heterocycles. The lowest BCUT2D eigenvalue weighted by molar-refractivity contribution is -0.138. The molecule has 7 heteroatoms. The summed E-state index contributed by atoms with van der Waals surface area (Å²) >= 11 is 6.10. The van der Waals surface area contributed by atoms with E-state index in [1.165, 1.54) is 16.0 Å². The van der Waals surface area contributed by atoms with E-state index >= 15 is 0 Å². The minimum Gasteiger partial charge on any atom is -0.493 e. The summed E-state index contributed by atoms with van der Waals surface area (Å²) in [6, 6.07) is 12.2. The number of benzene rings is 2. The van der Waals surface area contributed by atoms with Crippen molar-refractivity contribution < 1.29 is 19.1 Å². The normalized spacial score (nSPS) is 18.1. The van der Waals surface area contributed by atoms with Crippen molar-refractivity contribution in [1.29, 1.82) is 0 Å². The summed E-state index contributed by atoms with van der Waals surface area (Å²) in [5.41, 5.74) is 3.72. The van der Waals surface area contributed by atoms with Crippen molar-refractivity contribution >= 4 is 23.4 Å². The van der Waals surface area contributed by atoms with Crippen molar-refractivity contribution in [2.75, 3.05) is 20.3 Å². The van der Waals surface area contributed by atoms with Gasteiger partial charge < -0.3 is 14.8 Å². The quantitative estimate of drug-likeness (QED) is 0.650. The van der Waals surface area contributed by atoms with E-state index < -0.39 is 0 Å². The highest BCUT2D eigenvalue weighted by atomic mass is 35.5. The second kappa shape index (κ2) is 9.06. The van der Waals surface area contributed by atoms with Crippen LogP contribution in [0.4, 0.5) is 0 Å². The number of halogens is 1. The first kappa shape index (κ1) is 20.7. The predicted octanol–water partition coefficient (Wildman–Crippen LogP) is 3.65. The van der Waals surface area contributed by atoms with Gasteiger partial charge in [-0.25, -0.2) is 0 Å². The summed E-state index contributed by atoms with van der Waals surface area (Å²) in [6.07, 6.45) is 2.68. The molecular weight excluding hydrogens is 404 g/mol. The molecule has 4 rings (SSSR count). The van der Waals surface area contributed by atoms with Gasteiger partial charge in [0.05, 0.1) is 13.7 Å². The average Bonchev–Trinajstić information content (AvgIpc) is 3.29. The Labute approximate surface area is 181 Å². The third-order valence-electron chi connectivity index (χ3n) is 5.69. The summed E-state index contributed by atoms with van der Waals surface area (Å²) in [6.45, 7) is 1.21. The molecule has 0 aromatic heterocycles. The van der Waals surface area contributed by atoms with Gasteiger partial charge in [0.1, 0.15) is 6.61 Å². The monoisotopic (exact) mass is 428 g/mol. The number of rotatable bonds is 8. The van der Waals surface area contributed by atoms with E-state index in [2.05, 4.69) is 17.4 Å². The molecule has 0 saturated carbocycles. The maximum Gasteiger partial charge on any atom is 0.229 e. The molecule has 1 N–H and O–H groups in total. The third kappa shape index (κ3) is 4.45. The van der Waals surface area contributed by atoms with Crippen LogP contribution in [0.5, 0.6) is 11.5 Å². The number of nitrogens with zero attached hydrogens (tertiary/aromatic N) is 1. The highest BCUT2D eigenvalue weighted by Crippen LogP contribution is 2.33. The summed E-state index contributed by atoms with van der Waals surface area (Å²) in [5.74, 6) is 0.966. The lowest BCUT2D eigenvalue weighted by Crippen LogP contribution is -2.33. The summed E-state index contributed by atoms with van der Waals surface area (Å²) in [7, 11) is 1.60. The van der Waals surface area contributed by atoms with Gasteiger partial charge in [0.25, 0.3) is 0 Å². The zero-order valence-corrected chi connectivity index (χ0v) is 17.7. The van der Waals surface area contributed by atoms with E-state index in [0.29, 0.717) is 36.9 Å². The smallest absolute Gasteiger partial charge is 0.229 e. The Morgan fingerprint density at radius 2 is 1.87 bits per heavy atom. The van der Waals surface area contributed by atoms with E-state index in [1.54, 1.807) is 7.11 Å². The topological polar surface area (TPSA) is 67.9 Å². The Hall–Kier alpha value is -2.57. The van der Waals surface area contributed by atoms with E-state index in [1.807, 2.05) is 24.3 Å². The van der Waals surface area contributed by atoms with E-state index in [0.717, 1.165) is 23.4 Å². The van der Waals surface area contributed by atoms with Crippen LogP contribution in [0.2, 0.25) is 5.02 Å². The lowest BCUT2D eigenvalue weighted by atomic mass is 10.1. The van der Waals surface area contributed by atoms with Gasteiger partial charge >= 0.3 is 0 Å². The van der Waals surface area contributed by atoms with Crippen LogP contribution in [0.3, 0.4) is 0 Å². The SMILES string of the molecule is COc1cc(CNC2CCc3cc(Cl)ccc32)ccc1OCCN1C(=O)CCC1=O. The van der Waals surface area contributed by atoms with Crippen LogP contribution < -0.4 is 14.8 Å². The average molecular weight is 429 g/mol. The van der Waals surface area contributed by atoms with Crippen LogP contribution in [0.15, 0.2) is 36.4 Å². The highest BCUT2D eigenvalue weighted by molar-refractivity contribution is 6.30. The molecule has 6 nitrogen and oxygen atoms in total. The van der Waals surface area contributed by atoms with Gasteiger partial charge in [-0.15, -0.1) is 0 Å². The maximum atomic E-state index is 11.7. The Bertz CT molecular complexity index is 946. The number of methoxy groups -OCH3 is 1. The zero-order valence-electron chi connectivity index (χ0n) is 16.9. The number of hydrogen-bond donors (Lipinski definition) is 1. The number of carbonyl (C=O) groups is 2. The van der Waals surface area contributed by atoms with E-state index in [-0.39, 0.29) is 25.0 Å². The number of likely N-dealkylation sites (tertiary alicyclic amines) is 1. The molecule has 158 valence electrons. The summed E-state index contributed by atoms with van der Waals surface area (Å²) < 4.78 is 11.3. The van der Waals surface area contributed by atoms with Gasteiger partial charge in [0, 0.05) is 30.5 Å². The predicted molar refractivity (Wildman–Crippen MR) is 114 cm³/mol. The molecule has 0 radical (unpaired) electrons. The first-order valence-electron chi connectivity index (χ1n) is 10.2. The first-order valence-corrected chi connectivity index (χ1v) is 10.6. The highest BCUT2D eigenvalue weighted by Gasteiger charge is 2.28. The fourth-order valence-corrected chi connectivity index (χ4v) is 4.29. The second-order valence-electron chi connectivity index (χ2n) is 7.59. The van der Waals surface area contributed by atoms with Crippen molar-refractivity contribution in [2.24, 2.45) is 0 Å². The van der Waals surface area contributed by atoms with Crippen LogP contribution in [0.1, 0.15) is 42.0 Å². The van der Waals surface area contributed by atoms with Gasteiger partial charge in [-0.3, -0.25) is 14.5 Å². The number of amides is 2. The standard InChI is InChI=1S/C23H25ClN2O4/c1-29-21-12-15(14-25-19-6-3-16-13-17(24)4-5-18(16)19)2-7-20(21)30-11-10-26-22(27)8-9-23(26)28/h2,4-5,7,12-13,19,25H,3,6,8-11,14H2,1H3. The van der Waals surface area contributed by atoms with Crippen molar-refractivity contribution in [3.8, 4) is 11.5 Å². The maximum absolute atomic E-state index is 11.7. The number of hydrogen-bond acceptors (Lipinski definition) is 5. The number of carbonyl (C=O) groups excluding carboxylic acids is 2. The van der Waals surface area contributed by atoms with Gasteiger partial charge in [0.2, 0.25) is 11.8 Å². The number of imide groups is 1. The number of fused-ring (bicyclic) bond motifs is 1. The van der Waals surface area contributed by atoms with Crippen molar-refractivity contribution in [1.82, 2.24) is 10.2 Å². The lowest BCUT2D eigenvalue weighted by Gasteiger charge is -2.17. The first-order chi connectivity index (χ1) is 14.5. The molecular formula is C23H25ClN2O4. The van der Waals surface area contributed by atoms with Crippen LogP contribution in [0.25, 0.3) is 0 Å². The van der Waals surface area contributed by atoms with Gasteiger partial charge in [-0.05, 0) is 53.8 Å². The Morgan fingerprint density at radius 3 is 2.63 bits per heavy atom. The molecule has 1 saturated heterocycles. The number of nitrogens with one attached hydrogen (secondary N) is 1. The second-order valence-corrected chi connectivity index (χ2v) is 8.02. The summed E-state index contributed by atoms with van der Waals surface area (Å²) in [4.78, 5) is 24.6. The Balaban J connectivity index is 1.33. The molecule has 30 heavy (non-hydrogen) atoms. The minimum atomic E-state index is -0.132. The fraction of sp³-hybridized carbons (Fsp3) is 0.391. The molecule has 1 fully saturated rings. The van der Waals surface area contributed by atoms with Crippen molar-refractivity contribution in [2.45, 2.75) is 38.3 Å². The number of aryl methyl sites for hydroxylation is 1. The number of ether oxygens (including phenoxy) is 2. The molecule has 1 aliphatic carbocycles. The molecule has 0 spiro atoms. The zero-order chi connectivity index (χ0) is 21.1. The largest absolute Gasteiger partial charge is 0.493 e. The molecule has 2 amide bonds. The molecule has 2 aromatic rings. The van der Waals surface area contributed by atoms with Crippen molar-refractivity contribution in [3.05, 3.63) is 58.1 Å². The van der Waals surface area contributed by atoms with Crippen LogP contribution in [-0.4, -0.2) is 37.0 Å². The molecule has 2 aromatic carbocycles. The molecule has 2 aliphatic rings. The van der Waals surface area contributed by atoms with Gasteiger partial charge in [-0.1, -0.05) is 23.7 Å². The molecule has 1 heterocycles. The Kier molecular flexibility index (Phi) is 6.25. The van der Waals surface area contributed by atoms with Crippen LogP contribution in [0, 0.1) is 0 Å². The van der Waals surface area contributed by atoms with E-state index in [9.17, 15) is 9.59 Å². The van der Waals surface area contributed by atoms with Crippen LogP contribution in [-0.2, 0) is 22.6 Å². The third-order valence-corrected chi connectivity index (χ3v) is 5.93. The van der Waals surface area contributed by atoms with Crippen molar-refractivity contribution in [3.63, 3.8) is 0 Å². The molecule has 0 bridgehead atoms. The minimum absolute atomic E-state index is 0.132. The fourth-order valence-electron chi connectivity index (χ4n) is 4.10. The molecule has 1 atom stereocenters. The van der Waals surface area contributed by atoms with Gasteiger partial charge in [0.15, 0.2) is 11.5 Å². The van der Waals surface area contributed by atoms with Gasteiger partial charge in [-0.2, -0.15) is 0 Å². The molecule has 1 unspecified atom stereocenters. The summed E-state index contributed by atoms with van der Waals surface area (Å²) in [5, 5.41) is 4.40. The van der Waals surface area contributed by atoms with E-state index in [4.69, 9.17) is 21.1 Å². The Morgan fingerprint density at radius 1 is 1.07 bits per heavy atom. The van der Waals surface area contributed by atoms with Crippen LogP contribution >= 0.6 is 11.6 Å².